The summed E-state index contributed by atoms with van der Waals surface area (Å²) in [5, 5.41) is 4.45. The van der Waals surface area contributed by atoms with Crippen molar-refractivity contribution < 1.29 is 9.59 Å². The van der Waals surface area contributed by atoms with Gasteiger partial charge in [-0.05, 0) is 11.4 Å². The van der Waals surface area contributed by atoms with Crippen molar-refractivity contribution >= 4 is 23.5 Å². The van der Waals surface area contributed by atoms with E-state index in [-0.39, 0.29) is 5.91 Å². The fourth-order valence-electron chi connectivity index (χ4n) is 0.997. The van der Waals surface area contributed by atoms with Crippen molar-refractivity contribution in [2.24, 2.45) is 0 Å². The molecule has 0 saturated heterocycles. The maximum atomic E-state index is 10.7. The fourth-order valence-corrected chi connectivity index (χ4v) is 1.75. The lowest BCUT2D eigenvalue weighted by Crippen LogP contribution is -2.35. The zero-order valence-corrected chi connectivity index (χ0v) is 8.06. The molecule has 13 heavy (non-hydrogen) atoms. The molecular weight excluding hydrogens is 186 g/mol. The minimum absolute atomic E-state index is 0.204. The molecule has 1 aromatic heterocycles. The summed E-state index contributed by atoms with van der Waals surface area (Å²) in [4.78, 5) is 22.2. The fraction of sp³-hybridized carbons (Fsp3) is 0.333. The van der Waals surface area contributed by atoms with Gasteiger partial charge in [0.05, 0.1) is 0 Å². The van der Waals surface area contributed by atoms with Crippen LogP contribution in [0.25, 0.3) is 0 Å². The quantitative estimate of drug-likeness (QED) is 0.777. The molecule has 1 aromatic rings. The van der Waals surface area contributed by atoms with E-state index in [1.54, 1.807) is 17.6 Å². The van der Waals surface area contributed by atoms with E-state index in [1.165, 1.54) is 6.92 Å². The minimum atomic E-state index is -0.517. The van der Waals surface area contributed by atoms with E-state index >= 15 is 0 Å². The molecule has 1 N–H and O–H groups in total. The smallest absolute Gasteiger partial charge is 0.223 e. The second-order valence-corrected chi connectivity index (χ2v) is 3.69. The van der Waals surface area contributed by atoms with Gasteiger partial charge < -0.3 is 5.32 Å². The summed E-state index contributed by atoms with van der Waals surface area (Å²) in [6.07, 6.45) is 2.32. The third kappa shape index (κ3) is 3.38. The minimum Gasteiger partial charge on any atom is -0.346 e. The number of rotatable bonds is 4. The number of thiophene rings is 1. The average molecular weight is 196 g/mol. The predicted octanol–water partition coefficient (Wildman–Crippen LogP) is 0.905. The van der Waals surface area contributed by atoms with Crippen molar-refractivity contribution in [1.82, 2.24) is 5.32 Å². The maximum absolute atomic E-state index is 10.7. The monoisotopic (exact) mass is 196 g/mol. The summed E-state index contributed by atoms with van der Waals surface area (Å²) < 4.78 is 0. The second-order valence-electron chi connectivity index (χ2n) is 2.65. The molecule has 0 aliphatic heterocycles. The molecule has 0 aliphatic rings. The van der Waals surface area contributed by atoms with Gasteiger partial charge in [-0.25, -0.2) is 0 Å². The van der Waals surface area contributed by atoms with Crippen LogP contribution in [0.5, 0.6) is 0 Å². The van der Waals surface area contributed by atoms with Crippen LogP contribution < -0.4 is 5.32 Å². The normalized spacial score (nSPS) is 12.1. The Bertz CT molecular complexity index is 282. The largest absolute Gasteiger partial charge is 0.346 e. The molecule has 1 rings (SSSR count). The van der Waals surface area contributed by atoms with Crippen LogP contribution in [0.15, 0.2) is 17.5 Å². The van der Waals surface area contributed by atoms with E-state index in [1.807, 2.05) is 17.5 Å². The lowest BCUT2D eigenvalue weighted by Gasteiger charge is -2.07. The molecule has 4 heteroatoms. The van der Waals surface area contributed by atoms with Crippen LogP contribution in [0, 0.1) is 0 Å². The summed E-state index contributed by atoms with van der Waals surface area (Å²) in [6.45, 7) is 1.39. The summed E-state index contributed by atoms with van der Waals surface area (Å²) in [7, 11) is 0. The van der Waals surface area contributed by atoms with Crippen molar-refractivity contribution in [3.05, 3.63) is 22.4 Å². The lowest BCUT2D eigenvalue weighted by atomic mass is 10.2. The topological polar surface area (TPSA) is 46.2 Å². The molecule has 3 nitrogen and oxygen atoms in total. The molecule has 1 amide bonds. The molecule has 0 aromatic carbocycles. The summed E-state index contributed by atoms with van der Waals surface area (Å²) in [5.41, 5.74) is 0. The van der Waals surface area contributed by atoms with Gasteiger partial charge in [0.25, 0.3) is 0 Å². The standard InChI is InChI=1S/C9H10NO2S/c1-7(12)10-8(6-11)5-9-3-2-4-13-9/h2-4,8H,5H2,1H3,(H,10,12)/t8-/m0/s1. The first-order valence-corrected chi connectivity index (χ1v) is 4.77. The Hall–Kier alpha value is -1.16. The van der Waals surface area contributed by atoms with Gasteiger partial charge in [-0.15, -0.1) is 11.3 Å². The molecule has 1 radical (unpaired) electrons. The van der Waals surface area contributed by atoms with E-state index in [2.05, 4.69) is 5.32 Å². The van der Waals surface area contributed by atoms with Gasteiger partial charge in [-0.3, -0.25) is 9.59 Å². The first-order valence-electron chi connectivity index (χ1n) is 3.89. The molecule has 0 fully saturated rings. The van der Waals surface area contributed by atoms with Crippen LogP contribution in [0.4, 0.5) is 0 Å². The highest BCUT2D eigenvalue weighted by molar-refractivity contribution is 7.09. The van der Waals surface area contributed by atoms with E-state index in [0.717, 1.165) is 4.88 Å². The molecule has 0 spiro atoms. The number of carbonyl (C=O) groups is 1. The molecule has 1 atom stereocenters. The average Bonchev–Trinajstić information content (AvgIpc) is 2.55. The summed E-state index contributed by atoms with van der Waals surface area (Å²) >= 11 is 1.56. The van der Waals surface area contributed by atoms with Crippen molar-refractivity contribution in [3.8, 4) is 0 Å². The summed E-state index contributed by atoms with van der Waals surface area (Å²) in [5.74, 6) is -0.204. The first kappa shape index (κ1) is 9.92. The Morgan fingerprint density at radius 2 is 2.54 bits per heavy atom. The van der Waals surface area contributed by atoms with Gasteiger partial charge in [0.1, 0.15) is 6.04 Å². The number of nitrogens with one attached hydrogen (secondary N) is 1. The Balaban J connectivity index is 2.49. The van der Waals surface area contributed by atoms with E-state index in [9.17, 15) is 9.59 Å². The predicted molar refractivity (Wildman–Crippen MR) is 51.3 cm³/mol. The van der Waals surface area contributed by atoms with Gasteiger partial charge in [0.15, 0.2) is 0 Å². The van der Waals surface area contributed by atoms with Gasteiger partial charge in [0, 0.05) is 18.2 Å². The van der Waals surface area contributed by atoms with E-state index < -0.39 is 6.04 Å². The number of hydrogen-bond donors (Lipinski definition) is 1. The Labute approximate surface area is 80.8 Å². The molecule has 0 aliphatic carbocycles. The van der Waals surface area contributed by atoms with Crippen LogP contribution in [-0.4, -0.2) is 18.2 Å². The number of carbonyl (C=O) groups excluding carboxylic acids is 2. The van der Waals surface area contributed by atoms with Crippen LogP contribution in [0.2, 0.25) is 0 Å². The van der Waals surface area contributed by atoms with Gasteiger partial charge >= 0.3 is 0 Å². The van der Waals surface area contributed by atoms with Crippen molar-refractivity contribution in [2.75, 3.05) is 0 Å². The van der Waals surface area contributed by atoms with Gasteiger partial charge in [0.2, 0.25) is 12.2 Å². The number of amides is 1. The van der Waals surface area contributed by atoms with Crippen LogP contribution in [-0.2, 0) is 16.0 Å². The second kappa shape index (κ2) is 4.77. The molecule has 0 saturated carbocycles. The van der Waals surface area contributed by atoms with Gasteiger partial charge in [-0.2, -0.15) is 0 Å². The Morgan fingerprint density at radius 3 is 3.00 bits per heavy atom. The number of hydrogen-bond acceptors (Lipinski definition) is 3. The maximum Gasteiger partial charge on any atom is 0.223 e. The Kier molecular flexibility index (Phi) is 3.64. The zero-order chi connectivity index (χ0) is 9.68. The van der Waals surface area contributed by atoms with Crippen molar-refractivity contribution in [3.63, 3.8) is 0 Å². The van der Waals surface area contributed by atoms with Gasteiger partial charge in [-0.1, -0.05) is 6.07 Å². The first-order chi connectivity index (χ1) is 6.22. The van der Waals surface area contributed by atoms with E-state index in [0.29, 0.717) is 6.42 Å². The van der Waals surface area contributed by atoms with Crippen molar-refractivity contribution in [1.29, 1.82) is 0 Å². The van der Waals surface area contributed by atoms with Crippen LogP contribution >= 0.6 is 11.3 Å². The molecule has 0 bridgehead atoms. The highest BCUT2D eigenvalue weighted by Gasteiger charge is 2.10. The molecule has 1 heterocycles. The zero-order valence-electron chi connectivity index (χ0n) is 7.24. The van der Waals surface area contributed by atoms with Crippen LogP contribution in [0.3, 0.4) is 0 Å². The Morgan fingerprint density at radius 1 is 1.77 bits per heavy atom. The van der Waals surface area contributed by atoms with Crippen molar-refractivity contribution in [2.45, 2.75) is 19.4 Å². The highest BCUT2D eigenvalue weighted by Crippen LogP contribution is 2.10. The molecule has 69 valence electrons. The third-order valence-electron chi connectivity index (χ3n) is 1.51. The van der Waals surface area contributed by atoms with E-state index in [4.69, 9.17) is 0 Å². The SMILES string of the molecule is CC(=O)N[C@H]([C]=O)Cc1cccs1. The van der Waals surface area contributed by atoms with Crippen LogP contribution in [0.1, 0.15) is 11.8 Å². The summed E-state index contributed by atoms with van der Waals surface area (Å²) in [6, 6.07) is 3.32. The molecular formula is C9H10NO2S. The third-order valence-corrected chi connectivity index (χ3v) is 2.40. The molecule has 0 unspecified atom stereocenters. The highest BCUT2D eigenvalue weighted by atomic mass is 32.1. The lowest BCUT2D eigenvalue weighted by molar-refractivity contribution is -0.119.